The highest BCUT2D eigenvalue weighted by Gasteiger charge is 2.49. The summed E-state index contributed by atoms with van der Waals surface area (Å²) >= 11 is 0. The van der Waals surface area contributed by atoms with Crippen LogP contribution in [0.5, 0.6) is 0 Å². The summed E-state index contributed by atoms with van der Waals surface area (Å²) in [6, 6.07) is 17.6. The quantitative estimate of drug-likeness (QED) is 0.343. The van der Waals surface area contributed by atoms with Crippen LogP contribution in [0.3, 0.4) is 0 Å². The van der Waals surface area contributed by atoms with Gasteiger partial charge in [-0.15, -0.1) is 0 Å². The molecule has 178 valence electrons. The van der Waals surface area contributed by atoms with Crippen LogP contribution < -0.4 is 32.7 Å². The highest BCUT2D eigenvalue weighted by Crippen LogP contribution is 2.40. The van der Waals surface area contributed by atoms with Crippen molar-refractivity contribution in [1.29, 1.82) is 5.26 Å². The predicted octanol–water partition coefficient (Wildman–Crippen LogP) is 2.05. The monoisotopic (exact) mass is 471 g/mol. The molecule has 11 nitrogen and oxygen atoms in total. The first-order valence-corrected chi connectivity index (χ1v) is 10.9. The molecule has 0 spiro atoms. The smallest absolute Gasteiger partial charge is 0.262 e. The number of hydrogen-bond acceptors (Lipinski definition) is 9. The summed E-state index contributed by atoms with van der Waals surface area (Å²) in [7, 11) is 0. The van der Waals surface area contributed by atoms with Crippen LogP contribution in [0.4, 0.5) is 29.0 Å². The van der Waals surface area contributed by atoms with E-state index in [0.29, 0.717) is 16.9 Å². The molecule has 0 saturated carbocycles. The second-order valence-electron chi connectivity index (χ2n) is 8.21. The van der Waals surface area contributed by atoms with Gasteiger partial charge in [-0.3, -0.25) is 14.5 Å². The third kappa shape index (κ3) is 4.24. The van der Waals surface area contributed by atoms with Gasteiger partial charge in [0.05, 0.1) is 11.6 Å². The Balaban J connectivity index is 1.89. The summed E-state index contributed by atoms with van der Waals surface area (Å²) < 4.78 is 0. The fraction of sp³-hybridized carbons (Fsp3) is 0.208. The maximum atomic E-state index is 13.9. The Morgan fingerprint density at radius 2 is 1.86 bits per heavy atom. The van der Waals surface area contributed by atoms with E-state index >= 15 is 0 Å². The Kier molecular flexibility index (Phi) is 6.12. The van der Waals surface area contributed by atoms with Gasteiger partial charge in [0.1, 0.15) is 23.1 Å². The van der Waals surface area contributed by atoms with E-state index in [9.17, 15) is 14.9 Å². The van der Waals surface area contributed by atoms with Crippen LogP contribution >= 0.6 is 0 Å². The summed E-state index contributed by atoms with van der Waals surface area (Å²) in [5.41, 5.74) is 17.7. The van der Waals surface area contributed by atoms with E-state index in [1.54, 1.807) is 42.2 Å². The van der Waals surface area contributed by atoms with Crippen LogP contribution in [-0.4, -0.2) is 33.5 Å². The van der Waals surface area contributed by atoms with Crippen molar-refractivity contribution in [2.24, 2.45) is 5.73 Å². The molecule has 0 bridgehead atoms. The zero-order valence-electron chi connectivity index (χ0n) is 19.0. The van der Waals surface area contributed by atoms with Crippen molar-refractivity contribution < 1.29 is 9.59 Å². The second-order valence-corrected chi connectivity index (χ2v) is 8.21. The van der Waals surface area contributed by atoms with Crippen LogP contribution in [0.1, 0.15) is 35.7 Å². The van der Waals surface area contributed by atoms with Crippen LogP contribution in [-0.2, 0) is 4.79 Å². The number of nitrogens with zero attached hydrogens (tertiary/aromatic N) is 4. The standard InChI is InChI=1S/C24H25N9O2/c1-14(29-21-17(13-25)20(27)30-23(28)31-21)24(12-11-19(26)34)32-18-10-6-5-9-16(18)22(35)33(24)15-7-3-2-4-8-15/h2-10,14,32H,11-12H2,1H3,(H2,26,34)(H5,27,28,29,30,31). The van der Waals surface area contributed by atoms with Crippen molar-refractivity contribution in [3.63, 3.8) is 0 Å². The molecule has 0 radical (unpaired) electrons. The summed E-state index contributed by atoms with van der Waals surface area (Å²) in [6.07, 6.45) is 0.139. The minimum Gasteiger partial charge on any atom is -0.382 e. The van der Waals surface area contributed by atoms with Gasteiger partial charge < -0.3 is 27.8 Å². The molecular weight excluding hydrogens is 446 g/mol. The molecule has 0 saturated heterocycles. The van der Waals surface area contributed by atoms with Gasteiger partial charge >= 0.3 is 0 Å². The number of anilines is 5. The lowest BCUT2D eigenvalue weighted by molar-refractivity contribution is -0.118. The van der Waals surface area contributed by atoms with Gasteiger partial charge in [0.15, 0.2) is 5.82 Å². The number of nitrogens with one attached hydrogen (secondary N) is 2. The molecule has 1 aliphatic rings. The maximum absolute atomic E-state index is 13.9. The van der Waals surface area contributed by atoms with E-state index in [4.69, 9.17) is 17.2 Å². The van der Waals surface area contributed by atoms with E-state index in [1.807, 2.05) is 30.3 Å². The number of fused-ring (bicyclic) bond motifs is 1. The number of aromatic nitrogens is 2. The van der Waals surface area contributed by atoms with E-state index in [-0.39, 0.29) is 41.9 Å². The molecule has 1 aromatic heterocycles. The molecule has 3 aromatic rings. The van der Waals surface area contributed by atoms with E-state index in [1.165, 1.54) is 0 Å². The molecule has 2 amide bonds. The largest absolute Gasteiger partial charge is 0.382 e. The normalized spacial score (nSPS) is 17.6. The van der Waals surface area contributed by atoms with Gasteiger partial charge in [0.2, 0.25) is 11.9 Å². The third-order valence-corrected chi connectivity index (χ3v) is 6.01. The summed E-state index contributed by atoms with van der Waals surface area (Å²) in [6.45, 7) is 1.81. The lowest BCUT2D eigenvalue weighted by atomic mass is 9.87. The predicted molar refractivity (Wildman–Crippen MR) is 133 cm³/mol. The molecule has 0 aliphatic carbocycles. The number of rotatable bonds is 7. The minimum atomic E-state index is -1.19. The van der Waals surface area contributed by atoms with Gasteiger partial charge in [-0.25, -0.2) is 0 Å². The van der Waals surface area contributed by atoms with E-state index in [0.717, 1.165) is 0 Å². The first kappa shape index (κ1) is 23.3. The summed E-state index contributed by atoms with van der Waals surface area (Å²) in [5, 5.41) is 16.3. The number of nitrogens with two attached hydrogens (primary N) is 3. The van der Waals surface area contributed by atoms with E-state index in [2.05, 4.69) is 20.6 Å². The average molecular weight is 472 g/mol. The highest BCUT2D eigenvalue weighted by atomic mass is 16.2. The number of primary amides is 1. The van der Waals surface area contributed by atoms with E-state index < -0.39 is 17.6 Å². The SMILES string of the molecule is CC(Nc1nc(N)nc(N)c1C#N)C1(CCC(N)=O)Nc2ccccc2C(=O)N1c1ccccc1. The van der Waals surface area contributed by atoms with Crippen LogP contribution in [0.25, 0.3) is 0 Å². The molecule has 0 fully saturated rings. The van der Waals surface area contributed by atoms with Crippen molar-refractivity contribution in [2.75, 3.05) is 27.0 Å². The van der Waals surface area contributed by atoms with Crippen LogP contribution in [0.15, 0.2) is 54.6 Å². The highest BCUT2D eigenvalue weighted by molar-refractivity contribution is 6.13. The zero-order valence-corrected chi connectivity index (χ0v) is 19.0. The molecule has 2 atom stereocenters. The van der Waals surface area contributed by atoms with Crippen molar-refractivity contribution in [3.05, 3.63) is 65.7 Å². The fourth-order valence-electron chi connectivity index (χ4n) is 4.34. The summed E-state index contributed by atoms with van der Waals surface area (Å²) in [4.78, 5) is 35.4. The first-order valence-electron chi connectivity index (χ1n) is 10.9. The number of carbonyl (C=O) groups is 2. The number of hydrogen-bond donors (Lipinski definition) is 5. The Morgan fingerprint density at radius 3 is 2.54 bits per heavy atom. The van der Waals surface area contributed by atoms with Crippen molar-refractivity contribution in [2.45, 2.75) is 31.5 Å². The van der Waals surface area contributed by atoms with Gasteiger partial charge in [-0.2, -0.15) is 15.2 Å². The Bertz CT molecular complexity index is 1320. The van der Waals surface area contributed by atoms with Crippen molar-refractivity contribution in [1.82, 2.24) is 9.97 Å². The number of benzene rings is 2. The minimum absolute atomic E-state index is 0.0169. The molecule has 11 heteroatoms. The fourth-order valence-corrected chi connectivity index (χ4v) is 4.34. The molecule has 8 N–H and O–H groups in total. The number of nitrogen functional groups attached to an aromatic ring is 2. The molecule has 4 rings (SSSR count). The van der Waals surface area contributed by atoms with Gasteiger partial charge in [0.25, 0.3) is 5.91 Å². The number of nitriles is 1. The molecule has 35 heavy (non-hydrogen) atoms. The average Bonchev–Trinajstić information content (AvgIpc) is 2.83. The first-order chi connectivity index (χ1) is 16.8. The topological polar surface area (TPSA) is 189 Å². The van der Waals surface area contributed by atoms with Crippen LogP contribution in [0, 0.1) is 11.3 Å². The molecule has 2 aromatic carbocycles. The summed E-state index contributed by atoms with van der Waals surface area (Å²) in [5.74, 6) is -0.847. The van der Waals surface area contributed by atoms with Crippen molar-refractivity contribution >= 4 is 40.8 Å². The van der Waals surface area contributed by atoms with Crippen molar-refractivity contribution in [3.8, 4) is 6.07 Å². The Hall–Kier alpha value is -4.85. The van der Waals surface area contributed by atoms with Gasteiger partial charge in [-0.1, -0.05) is 30.3 Å². The Morgan fingerprint density at radius 1 is 1.17 bits per heavy atom. The molecule has 2 heterocycles. The molecule has 2 unspecified atom stereocenters. The maximum Gasteiger partial charge on any atom is 0.262 e. The lowest BCUT2D eigenvalue weighted by Gasteiger charge is -2.51. The van der Waals surface area contributed by atoms with Gasteiger partial charge in [0, 0.05) is 24.2 Å². The molecular formula is C24H25N9O2. The second kappa shape index (κ2) is 9.18. The van der Waals surface area contributed by atoms with Crippen LogP contribution in [0.2, 0.25) is 0 Å². The van der Waals surface area contributed by atoms with Gasteiger partial charge in [-0.05, 0) is 31.2 Å². The number of para-hydroxylation sites is 2. The Labute approximate surface area is 201 Å². The zero-order chi connectivity index (χ0) is 25.2. The molecule has 1 aliphatic heterocycles. The lowest BCUT2D eigenvalue weighted by Crippen LogP contribution is -2.68. The third-order valence-electron chi connectivity index (χ3n) is 6.01. The number of amides is 2. The number of carbonyl (C=O) groups excluding carboxylic acids is 2.